The molecule has 0 bridgehead atoms. The van der Waals surface area contributed by atoms with Crippen LogP contribution in [0.2, 0.25) is 0 Å². The first kappa shape index (κ1) is 13.5. The fourth-order valence-electron chi connectivity index (χ4n) is 3.06. The number of piperidine rings is 1. The molecule has 19 heavy (non-hydrogen) atoms. The largest absolute Gasteiger partial charge is 0.323 e. The van der Waals surface area contributed by atoms with Crippen LogP contribution in [-0.2, 0) is 6.54 Å². The molecule has 1 aliphatic carbocycles. The van der Waals surface area contributed by atoms with Crippen LogP contribution in [0, 0.1) is 5.92 Å². The minimum atomic E-state index is 0.141. The Bertz CT molecular complexity index is 417. The molecule has 0 spiro atoms. The Morgan fingerprint density at radius 1 is 1.42 bits per heavy atom. The number of likely N-dealkylation sites (tertiary alicyclic amines) is 1. The van der Waals surface area contributed by atoms with E-state index in [-0.39, 0.29) is 6.04 Å². The fourth-order valence-corrected chi connectivity index (χ4v) is 4.20. The molecule has 2 heterocycles. The van der Waals surface area contributed by atoms with Crippen LogP contribution in [0.5, 0.6) is 0 Å². The second-order valence-electron chi connectivity index (χ2n) is 6.40. The zero-order valence-electron chi connectivity index (χ0n) is 12.1. The van der Waals surface area contributed by atoms with Crippen molar-refractivity contribution in [2.75, 3.05) is 13.1 Å². The number of nitrogens with zero attached hydrogens (tertiary/aromatic N) is 2. The van der Waals surface area contributed by atoms with Crippen LogP contribution in [-0.4, -0.2) is 23.0 Å². The highest BCUT2D eigenvalue weighted by atomic mass is 32.1. The van der Waals surface area contributed by atoms with Gasteiger partial charge in [-0.2, -0.15) is 0 Å². The van der Waals surface area contributed by atoms with Gasteiger partial charge in [-0.05, 0) is 45.1 Å². The molecule has 1 aliphatic heterocycles. The van der Waals surface area contributed by atoms with Crippen LogP contribution < -0.4 is 5.73 Å². The average molecular weight is 279 g/mol. The van der Waals surface area contributed by atoms with E-state index in [9.17, 15) is 0 Å². The first-order valence-electron chi connectivity index (χ1n) is 7.61. The predicted octanol–water partition coefficient (Wildman–Crippen LogP) is 3.27. The van der Waals surface area contributed by atoms with Gasteiger partial charge in [0.05, 0.1) is 12.2 Å². The molecule has 106 valence electrons. The highest BCUT2D eigenvalue weighted by molar-refractivity contribution is 7.11. The summed E-state index contributed by atoms with van der Waals surface area (Å²) in [6, 6.07) is 0.141. The van der Waals surface area contributed by atoms with Gasteiger partial charge in [-0.3, -0.25) is 4.90 Å². The van der Waals surface area contributed by atoms with Crippen molar-refractivity contribution in [1.82, 2.24) is 9.88 Å². The molecule has 1 saturated heterocycles. The SMILES string of the molecule is CC1CCCN(Cc2nc(C3CC3)c(C(C)N)s2)C1. The summed E-state index contributed by atoms with van der Waals surface area (Å²) in [5.74, 6) is 1.55. The van der Waals surface area contributed by atoms with Crippen molar-refractivity contribution in [2.24, 2.45) is 11.7 Å². The number of rotatable bonds is 4. The molecule has 3 rings (SSSR count). The van der Waals surface area contributed by atoms with Crippen molar-refractivity contribution in [3.63, 3.8) is 0 Å². The van der Waals surface area contributed by atoms with Gasteiger partial charge >= 0.3 is 0 Å². The Labute approximate surface area is 120 Å². The monoisotopic (exact) mass is 279 g/mol. The maximum Gasteiger partial charge on any atom is 0.107 e. The van der Waals surface area contributed by atoms with Crippen LogP contribution in [0.25, 0.3) is 0 Å². The lowest BCUT2D eigenvalue weighted by Gasteiger charge is -2.29. The van der Waals surface area contributed by atoms with Crippen molar-refractivity contribution in [3.8, 4) is 0 Å². The molecular weight excluding hydrogens is 254 g/mol. The van der Waals surface area contributed by atoms with Gasteiger partial charge < -0.3 is 5.73 Å². The van der Waals surface area contributed by atoms with Gasteiger partial charge in [-0.25, -0.2) is 4.98 Å². The summed E-state index contributed by atoms with van der Waals surface area (Å²) in [7, 11) is 0. The minimum absolute atomic E-state index is 0.141. The van der Waals surface area contributed by atoms with E-state index in [0.29, 0.717) is 5.92 Å². The van der Waals surface area contributed by atoms with Gasteiger partial charge in [0.1, 0.15) is 5.01 Å². The Balaban J connectivity index is 1.72. The summed E-state index contributed by atoms with van der Waals surface area (Å²) >= 11 is 1.85. The normalized spacial score (nSPS) is 26.6. The van der Waals surface area contributed by atoms with Crippen molar-refractivity contribution >= 4 is 11.3 Å². The molecule has 3 nitrogen and oxygen atoms in total. The summed E-state index contributed by atoms with van der Waals surface area (Å²) in [4.78, 5) is 8.81. The Hall–Kier alpha value is -0.450. The molecule has 1 saturated carbocycles. The fraction of sp³-hybridized carbons (Fsp3) is 0.800. The summed E-state index contributed by atoms with van der Waals surface area (Å²) in [6.07, 6.45) is 5.34. The van der Waals surface area contributed by atoms with E-state index in [1.165, 1.54) is 54.4 Å². The van der Waals surface area contributed by atoms with Crippen molar-refractivity contribution in [2.45, 2.75) is 58.0 Å². The zero-order chi connectivity index (χ0) is 13.4. The first-order valence-corrected chi connectivity index (χ1v) is 8.42. The van der Waals surface area contributed by atoms with Gasteiger partial charge in [-0.15, -0.1) is 11.3 Å². The molecule has 2 unspecified atom stereocenters. The van der Waals surface area contributed by atoms with E-state index in [2.05, 4.69) is 18.7 Å². The molecular formula is C15H25N3S. The summed E-state index contributed by atoms with van der Waals surface area (Å²) in [5.41, 5.74) is 7.42. The smallest absolute Gasteiger partial charge is 0.107 e. The summed E-state index contributed by atoms with van der Waals surface area (Å²) < 4.78 is 0. The van der Waals surface area contributed by atoms with Crippen LogP contribution >= 0.6 is 11.3 Å². The predicted molar refractivity (Wildman–Crippen MR) is 80.4 cm³/mol. The zero-order valence-corrected chi connectivity index (χ0v) is 12.9. The minimum Gasteiger partial charge on any atom is -0.323 e. The van der Waals surface area contributed by atoms with E-state index < -0.39 is 0 Å². The topological polar surface area (TPSA) is 42.2 Å². The third kappa shape index (κ3) is 3.18. The highest BCUT2D eigenvalue weighted by Gasteiger charge is 2.31. The van der Waals surface area contributed by atoms with E-state index >= 15 is 0 Å². The maximum atomic E-state index is 6.11. The van der Waals surface area contributed by atoms with Gasteiger partial charge in [0.2, 0.25) is 0 Å². The average Bonchev–Trinajstić information content (AvgIpc) is 3.11. The van der Waals surface area contributed by atoms with Crippen LogP contribution in [0.1, 0.15) is 67.1 Å². The molecule has 0 aromatic carbocycles. The number of hydrogen-bond acceptors (Lipinski definition) is 4. The molecule has 1 aromatic rings. The number of hydrogen-bond donors (Lipinski definition) is 1. The molecule has 0 amide bonds. The van der Waals surface area contributed by atoms with E-state index in [1.54, 1.807) is 0 Å². The number of aromatic nitrogens is 1. The van der Waals surface area contributed by atoms with Crippen molar-refractivity contribution < 1.29 is 0 Å². The Kier molecular flexibility index (Phi) is 3.92. The van der Waals surface area contributed by atoms with Crippen LogP contribution in [0.3, 0.4) is 0 Å². The lowest BCUT2D eigenvalue weighted by Crippen LogP contribution is -2.33. The van der Waals surface area contributed by atoms with E-state index in [4.69, 9.17) is 10.7 Å². The first-order chi connectivity index (χ1) is 9.13. The molecule has 4 heteroatoms. The molecule has 2 aliphatic rings. The lowest BCUT2D eigenvalue weighted by atomic mass is 10.0. The van der Waals surface area contributed by atoms with Crippen molar-refractivity contribution in [3.05, 3.63) is 15.6 Å². The highest BCUT2D eigenvalue weighted by Crippen LogP contribution is 2.44. The third-order valence-corrected chi connectivity index (χ3v) is 5.46. The maximum absolute atomic E-state index is 6.11. The Morgan fingerprint density at radius 3 is 2.84 bits per heavy atom. The van der Waals surface area contributed by atoms with E-state index in [0.717, 1.165) is 12.5 Å². The van der Waals surface area contributed by atoms with Crippen LogP contribution in [0.15, 0.2) is 0 Å². The van der Waals surface area contributed by atoms with Gasteiger partial charge in [-0.1, -0.05) is 6.92 Å². The standard InChI is InChI=1S/C15H25N3S/c1-10-4-3-7-18(8-10)9-13-17-14(12-5-6-12)15(19-13)11(2)16/h10-12H,3-9,16H2,1-2H3. The number of thiazole rings is 1. The second-order valence-corrected chi connectivity index (χ2v) is 7.52. The van der Waals surface area contributed by atoms with Crippen molar-refractivity contribution in [1.29, 1.82) is 0 Å². The lowest BCUT2D eigenvalue weighted by molar-refractivity contribution is 0.176. The van der Waals surface area contributed by atoms with E-state index in [1.807, 2.05) is 11.3 Å². The third-order valence-electron chi connectivity index (χ3n) is 4.20. The summed E-state index contributed by atoms with van der Waals surface area (Å²) in [5, 5.41) is 1.28. The van der Waals surface area contributed by atoms with Gasteiger partial charge in [0.25, 0.3) is 0 Å². The number of nitrogens with two attached hydrogens (primary N) is 1. The molecule has 1 aromatic heterocycles. The summed E-state index contributed by atoms with van der Waals surface area (Å²) in [6.45, 7) is 7.94. The van der Waals surface area contributed by atoms with Gasteiger partial charge in [0.15, 0.2) is 0 Å². The molecule has 2 N–H and O–H groups in total. The van der Waals surface area contributed by atoms with Crippen LogP contribution in [0.4, 0.5) is 0 Å². The molecule has 0 radical (unpaired) electrons. The molecule has 2 atom stereocenters. The molecule has 2 fully saturated rings. The second kappa shape index (κ2) is 5.51. The quantitative estimate of drug-likeness (QED) is 0.919. The van der Waals surface area contributed by atoms with Gasteiger partial charge in [0, 0.05) is 23.4 Å². The Morgan fingerprint density at radius 2 is 2.21 bits per heavy atom.